The van der Waals surface area contributed by atoms with Gasteiger partial charge in [-0.15, -0.1) is 0 Å². The first-order valence-electron chi connectivity index (χ1n) is 15.1. The van der Waals surface area contributed by atoms with Crippen LogP contribution in [-0.2, 0) is 4.79 Å². The summed E-state index contributed by atoms with van der Waals surface area (Å²) in [5.74, 6) is -1.10. The molecule has 0 radical (unpaired) electrons. The smallest absolute Gasteiger partial charge is 0.395 e. The number of aromatic nitrogens is 2. The lowest BCUT2D eigenvalue weighted by Crippen LogP contribution is -2.49. The number of carbonyl (C=O) groups excluding carboxylic acids is 2. The van der Waals surface area contributed by atoms with Crippen LogP contribution in [-0.4, -0.2) is 107 Å². The molecule has 0 bridgehead atoms. The number of H-pyrrole nitrogens is 1. The van der Waals surface area contributed by atoms with Crippen molar-refractivity contribution in [1.82, 2.24) is 25.1 Å². The lowest BCUT2D eigenvalue weighted by atomic mass is 9.98. The highest BCUT2D eigenvalue weighted by molar-refractivity contribution is 5.99. The summed E-state index contributed by atoms with van der Waals surface area (Å²) in [4.78, 5) is 54.3. The standard InChI is InChI=1S/C26H38F3N9O4.C2H6/c1-2-15-13-37(10-11-38(14-15)22-24(41)34-19(21(31)35-22)23(40)32-7-12-39)16-5-8-36(9-6-16)25(42)17-3-4-18(26(27,28)29)33-20(17)30;1-2/h15-16,39H,2-14,30H2,1H3,(H2,31,35)(H,32,40)(H,34,41);1-2H3. The maximum Gasteiger partial charge on any atom is 0.429 e. The number of halogens is 3. The first-order valence-corrected chi connectivity index (χ1v) is 15.1. The topological polar surface area (TPSA) is 186 Å². The van der Waals surface area contributed by atoms with E-state index >= 15 is 0 Å². The van der Waals surface area contributed by atoms with E-state index in [-0.39, 0.29) is 72.6 Å². The number of nitrogens with zero attached hydrogens (tertiary/aromatic N) is 5. The van der Waals surface area contributed by atoms with Gasteiger partial charge >= 0.3 is 6.18 Å². The second-order valence-corrected chi connectivity index (χ2v) is 10.8. The molecule has 44 heavy (non-hydrogen) atoms. The van der Waals surface area contributed by atoms with Crippen LogP contribution >= 0.6 is 0 Å². The molecule has 7 N–H and O–H groups in total. The zero-order valence-electron chi connectivity index (χ0n) is 25.5. The molecule has 4 rings (SSSR count). The molecule has 1 unspecified atom stereocenters. The van der Waals surface area contributed by atoms with E-state index in [1.165, 1.54) is 0 Å². The summed E-state index contributed by atoms with van der Waals surface area (Å²) in [6.45, 7) is 9.23. The molecule has 4 heterocycles. The highest BCUT2D eigenvalue weighted by Gasteiger charge is 2.39. The van der Waals surface area contributed by atoms with Gasteiger partial charge in [-0.3, -0.25) is 19.3 Å². The molecular formula is C28H44F3N9O4. The average molecular weight is 628 g/mol. The van der Waals surface area contributed by atoms with Crippen molar-refractivity contribution >= 4 is 29.2 Å². The number of carbonyl (C=O) groups is 2. The maximum absolute atomic E-state index is 13.1. The predicted octanol–water partition coefficient (Wildman–Crippen LogP) is 1.21. The number of aliphatic hydroxyl groups is 1. The van der Waals surface area contributed by atoms with E-state index in [9.17, 15) is 27.6 Å². The molecule has 1 atom stereocenters. The van der Waals surface area contributed by atoms with Gasteiger partial charge in [0.05, 0.1) is 12.2 Å². The third-order valence-electron chi connectivity index (χ3n) is 8.08. The Bertz CT molecular complexity index is 1290. The number of nitrogens with two attached hydrogens (primary N) is 2. The molecule has 0 spiro atoms. The number of aromatic amines is 1. The Morgan fingerprint density at radius 3 is 2.36 bits per heavy atom. The molecule has 3 aliphatic heterocycles. The molecule has 2 amide bonds. The Kier molecular flexibility index (Phi) is 12.2. The number of anilines is 2. The number of nitrogens with one attached hydrogen (secondary N) is 2. The quantitative estimate of drug-likeness (QED) is 0.296. The van der Waals surface area contributed by atoms with Crippen LogP contribution in [0.15, 0.2) is 21.2 Å². The Morgan fingerprint density at radius 2 is 1.77 bits per heavy atom. The Balaban J connectivity index is 0.00000259. The van der Waals surface area contributed by atoms with Crippen molar-refractivity contribution in [2.24, 2.45) is 16.6 Å². The summed E-state index contributed by atoms with van der Waals surface area (Å²) >= 11 is 0. The normalized spacial score (nSPS) is 20.4. The van der Waals surface area contributed by atoms with E-state index in [0.29, 0.717) is 45.6 Å². The van der Waals surface area contributed by atoms with Crippen LogP contribution in [0.4, 0.5) is 24.8 Å². The van der Waals surface area contributed by atoms with E-state index in [1.807, 2.05) is 18.7 Å². The summed E-state index contributed by atoms with van der Waals surface area (Å²) in [6.07, 6.45) is -2.78. The number of piperidine rings is 1. The van der Waals surface area contributed by atoms with Crippen molar-refractivity contribution in [3.05, 3.63) is 27.4 Å². The number of amides is 2. The van der Waals surface area contributed by atoms with Crippen LogP contribution in [0, 0.1) is 5.92 Å². The molecule has 0 aliphatic carbocycles. The third kappa shape index (κ3) is 8.28. The fraction of sp³-hybridized carbons (Fsp3) is 0.679. The predicted molar refractivity (Wildman–Crippen MR) is 161 cm³/mol. The van der Waals surface area contributed by atoms with Crippen LogP contribution in [0.2, 0.25) is 0 Å². The zero-order chi connectivity index (χ0) is 32.6. The minimum absolute atomic E-state index is 0.0125. The van der Waals surface area contributed by atoms with E-state index in [4.69, 9.17) is 16.6 Å². The second-order valence-electron chi connectivity index (χ2n) is 10.8. The molecule has 246 valence electrons. The maximum atomic E-state index is 13.1. The van der Waals surface area contributed by atoms with Gasteiger partial charge in [-0.2, -0.15) is 13.2 Å². The molecule has 1 aromatic rings. The average Bonchev–Trinajstić information content (AvgIpc) is 3.24. The monoisotopic (exact) mass is 627 g/mol. The SMILES string of the molecule is CC.CCC1CN(c2nc(N)c(C(=O)NCCO)[nH]c2=O)CCN(C2CCN(C(=O)C3=C(N)N=C(C(F)(F)F)CC3)CC2)C1. The lowest BCUT2D eigenvalue weighted by molar-refractivity contribution is -0.129. The number of aliphatic imine (C=N–C) groups is 1. The Labute approximate surface area is 254 Å². The molecule has 2 fully saturated rings. The van der Waals surface area contributed by atoms with Gasteiger partial charge in [0.25, 0.3) is 17.4 Å². The molecule has 0 aromatic carbocycles. The third-order valence-corrected chi connectivity index (χ3v) is 8.08. The molecule has 16 heteroatoms. The number of aliphatic hydroxyl groups excluding tert-OH is 1. The highest BCUT2D eigenvalue weighted by atomic mass is 19.4. The number of rotatable bonds is 7. The first kappa shape index (κ1) is 34.8. The van der Waals surface area contributed by atoms with Gasteiger partial charge in [0.2, 0.25) is 0 Å². The summed E-state index contributed by atoms with van der Waals surface area (Å²) in [5.41, 5.74) is 10.2. The van der Waals surface area contributed by atoms with E-state index < -0.39 is 23.4 Å². The molecule has 0 saturated carbocycles. The van der Waals surface area contributed by atoms with Crippen molar-refractivity contribution in [1.29, 1.82) is 0 Å². The lowest BCUT2D eigenvalue weighted by Gasteiger charge is -2.39. The molecular weight excluding hydrogens is 583 g/mol. The van der Waals surface area contributed by atoms with Crippen molar-refractivity contribution in [2.45, 2.75) is 65.1 Å². The van der Waals surface area contributed by atoms with Crippen molar-refractivity contribution in [2.75, 3.05) is 63.1 Å². The van der Waals surface area contributed by atoms with E-state index in [1.54, 1.807) is 4.90 Å². The van der Waals surface area contributed by atoms with Gasteiger partial charge < -0.3 is 36.7 Å². The van der Waals surface area contributed by atoms with Gasteiger partial charge in [-0.25, -0.2) is 9.98 Å². The van der Waals surface area contributed by atoms with E-state index in [0.717, 1.165) is 13.0 Å². The van der Waals surface area contributed by atoms with Crippen molar-refractivity contribution in [3.8, 4) is 0 Å². The summed E-state index contributed by atoms with van der Waals surface area (Å²) in [5, 5.41) is 11.4. The summed E-state index contributed by atoms with van der Waals surface area (Å²) in [6, 6.07) is 0.185. The van der Waals surface area contributed by atoms with Crippen LogP contribution in [0.3, 0.4) is 0 Å². The molecule has 1 aromatic heterocycles. The number of likely N-dealkylation sites (tertiary alicyclic amines) is 1. The number of alkyl halides is 3. The molecule has 2 saturated heterocycles. The molecule has 13 nitrogen and oxygen atoms in total. The Hall–Kier alpha value is -3.66. The highest BCUT2D eigenvalue weighted by Crippen LogP contribution is 2.29. The largest absolute Gasteiger partial charge is 0.429 e. The van der Waals surface area contributed by atoms with Crippen molar-refractivity contribution in [3.63, 3.8) is 0 Å². The number of hydrogen-bond acceptors (Lipinski definition) is 10. The summed E-state index contributed by atoms with van der Waals surface area (Å²) < 4.78 is 38.9. The van der Waals surface area contributed by atoms with Gasteiger partial charge in [-0.05, 0) is 31.6 Å². The van der Waals surface area contributed by atoms with Crippen LogP contribution in [0.5, 0.6) is 0 Å². The van der Waals surface area contributed by atoms with Crippen LogP contribution in [0.1, 0.15) is 63.4 Å². The van der Waals surface area contributed by atoms with Gasteiger partial charge in [-0.1, -0.05) is 27.2 Å². The molecule has 3 aliphatic rings. The number of nitrogen functional groups attached to an aromatic ring is 1. The zero-order valence-corrected chi connectivity index (χ0v) is 25.5. The second kappa shape index (κ2) is 15.4. The fourth-order valence-corrected chi connectivity index (χ4v) is 5.70. The van der Waals surface area contributed by atoms with Gasteiger partial charge in [0.1, 0.15) is 17.2 Å². The van der Waals surface area contributed by atoms with Crippen molar-refractivity contribution < 1.29 is 27.9 Å². The fourth-order valence-electron chi connectivity index (χ4n) is 5.70. The van der Waals surface area contributed by atoms with Gasteiger partial charge in [0, 0.05) is 51.9 Å². The van der Waals surface area contributed by atoms with Crippen LogP contribution < -0.4 is 27.2 Å². The van der Waals surface area contributed by atoms with Gasteiger partial charge in [0.15, 0.2) is 11.6 Å². The van der Waals surface area contributed by atoms with Crippen LogP contribution in [0.25, 0.3) is 0 Å². The summed E-state index contributed by atoms with van der Waals surface area (Å²) in [7, 11) is 0. The van der Waals surface area contributed by atoms with E-state index in [2.05, 4.69) is 32.1 Å². The Morgan fingerprint density at radius 1 is 1.09 bits per heavy atom. The minimum Gasteiger partial charge on any atom is -0.395 e. The first-order chi connectivity index (χ1) is 20.9. The minimum atomic E-state index is -4.56. The number of hydrogen-bond donors (Lipinski definition) is 5.